The first-order valence-corrected chi connectivity index (χ1v) is 18.9. The summed E-state index contributed by atoms with van der Waals surface area (Å²) in [6, 6.07) is 0. The summed E-state index contributed by atoms with van der Waals surface area (Å²) in [6.07, 6.45) is 29.8. The van der Waals surface area contributed by atoms with Crippen molar-refractivity contribution in [2.75, 3.05) is 19.7 Å². The third kappa shape index (κ3) is 26.7. The molecule has 0 saturated heterocycles. The zero-order chi connectivity index (χ0) is 28.9. The SMILES string of the molecule is CCCCCCCCCCN(CCCCCCCCCC)C(CCCCC)OP(=O)(O)OCCCCCCC. The van der Waals surface area contributed by atoms with Crippen molar-refractivity contribution in [1.29, 1.82) is 0 Å². The molecule has 39 heavy (non-hydrogen) atoms. The lowest BCUT2D eigenvalue weighted by molar-refractivity contribution is -0.0134. The Labute approximate surface area is 245 Å². The molecule has 0 aromatic heterocycles. The van der Waals surface area contributed by atoms with Crippen molar-refractivity contribution in [1.82, 2.24) is 4.90 Å². The standard InChI is InChI=1S/C33H70NO4P/c1-5-9-13-16-18-20-22-26-30-34(31-27-23-21-19-17-14-10-6-2)33(29-25-12-8-4)38-39(35,36)37-32-28-24-15-11-7-3/h33H,5-32H2,1-4H3,(H,35,36). The van der Waals surface area contributed by atoms with E-state index < -0.39 is 7.82 Å². The maximum Gasteiger partial charge on any atom is 0.473 e. The van der Waals surface area contributed by atoms with Gasteiger partial charge >= 0.3 is 7.82 Å². The van der Waals surface area contributed by atoms with Crippen molar-refractivity contribution in [2.24, 2.45) is 0 Å². The molecular weight excluding hydrogens is 505 g/mol. The molecule has 0 bridgehead atoms. The van der Waals surface area contributed by atoms with E-state index in [0.717, 1.165) is 70.9 Å². The van der Waals surface area contributed by atoms with E-state index >= 15 is 0 Å². The first-order valence-electron chi connectivity index (χ1n) is 17.4. The van der Waals surface area contributed by atoms with Gasteiger partial charge in [-0.15, -0.1) is 0 Å². The fraction of sp³-hybridized carbons (Fsp3) is 1.00. The zero-order valence-corrected chi connectivity index (χ0v) is 27.8. The molecule has 0 spiro atoms. The molecule has 0 heterocycles. The third-order valence-corrected chi connectivity index (χ3v) is 8.84. The fourth-order valence-corrected chi connectivity index (χ4v) is 6.20. The number of unbranched alkanes of at least 4 members (excludes halogenated alkanes) is 20. The molecule has 0 aromatic rings. The Morgan fingerprint density at radius 1 is 0.538 bits per heavy atom. The Morgan fingerprint density at radius 3 is 1.33 bits per heavy atom. The van der Waals surface area contributed by atoms with Gasteiger partial charge in [-0.1, -0.05) is 156 Å². The highest BCUT2D eigenvalue weighted by Gasteiger charge is 2.30. The molecule has 6 heteroatoms. The average molecular weight is 576 g/mol. The predicted molar refractivity (Wildman–Crippen MR) is 170 cm³/mol. The molecule has 5 nitrogen and oxygen atoms in total. The Kier molecular flexibility index (Phi) is 29.6. The van der Waals surface area contributed by atoms with Crippen LogP contribution in [-0.4, -0.2) is 35.7 Å². The van der Waals surface area contributed by atoms with Gasteiger partial charge in [0.05, 0.1) is 6.61 Å². The van der Waals surface area contributed by atoms with Crippen LogP contribution in [0.15, 0.2) is 0 Å². The van der Waals surface area contributed by atoms with Crippen LogP contribution in [0.4, 0.5) is 0 Å². The summed E-state index contributed by atoms with van der Waals surface area (Å²) in [6.45, 7) is 11.1. The van der Waals surface area contributed by atoms with Gasteiger partial charge in [-0.3, -0.25) is 13.9 Å². The molecule has 1 N–H and O–H groups in total. The van der Waals surface area contributed by atoms with Crippen molar-refractivity contribution < 1.29 is 18.5 Å². The van der Waals surface area contributed by atoms with Crippen LogP contribution in [0.2, 0.25) is 0 Å². The molecule has 2 atom stereocenters. The molecule has 0 aliphatic carbocycles. The smallest absolute Gasteiger partial charge is 0.302 e. The van der Waals surface area contributed by atoms with Crippen molar-refractivity contribution in [3.05, 3.63) is 0 Å². The minimum atomic E-state index is -4.07. The van der Waals surface area contributed by atoms with E-state index in [9.17, 15) is 9.46 Å². The third-order valence-electron chi connectivity index (χ3n) is 7.82. The van der Waals surface area contributed by atoms with E-state index in [1.54, 1.807) is 0 Å². The summed E-state index contributed by atoms with van der Waals surface area (Å²) in [5, 5.41) is 0. The lowest BCUT2D eigenvalue weighted by Gasteiger charge is -2.32. The van der Waals surface area contributed by atoms with Gasteiger partial charge in [0.25, 0.3) is 0 Å². The highest BCUT2D eigenvalue weighted by Crippen LogP contribution is 2.46. The van der Waals surface area contributed by atoms with Crippen LogP contribution in [0.25, 0.3) is 0 Å². The minimum Gasteiger partial charge on any atom is -0.302 e. The quantitative estimate of drug-likeness (QED) is 0.0491. The molecule has 2 unspecified atom stereocenters. The largest absolute Gasteiger partial charge is 0.473 e. The zero-order valence-electron chi connectivity index (χ0n) is 26.9. The highest BCUT2D eigenvalue weighted by molar-refractivity contribution is 7.47. The van der Waals surface area contributed by atoms with Crippen LogP contribution >= 0.6 is 7.82 Å². The summed E-state index contributed by atoms with van der Waals surface area (Å²) in [4.78, 5) is 13.0. The molecular formula is C33H70NO4P. The first-order chi connectivity index (χ1) is 19.0. The Hall–Kier alpha value is 0.0700. The highest BCUT2D eigenvalue weighted by atomic mass is 31.2. The molecule has 0 aliphatic rings. The summed E-state index contributed by atoms with van der Waals surface area (Å²) in [7, 11) is -4.07. The molecule has 0 amide bonds. The Morgan fingerprint density at radius 2 is 0.897 bits per heavy atom. The number of nitrogens with zero attached hydrogens (tertiary/aromatic N) is 1. The second-order valence-electron chi connectivity index (χ2n) is 11.8. The van der Waals surface area contributed by atoms with Crippen LogP contribution in [0, 0.1) is 0 Å². The summed E-state index contributed by atoms with van der Waals surface area (Å²) in [5.41, 5.74) is 0. The molecule has 0 aromatic carbocycles. The predicted octanol–water partition coefficient (Wildman–Crippen LogP) is 11.6. The number of rotatable bonds is 32. The second kappa shape index (κ2) is 29.6. The minimum absolute atomic E-state index is 0.301. The maximum atomic E-state index is 12.9. The van der Waals surface area contributed by atoms with E-state index in [4.69, 9.17) is 9.05 Å². The van der Waals surface area contributed by atoms with Gasteiger partial charge in [-0.05, 0) is 32.1 Å². The Bertz CT molecular complexity index is 514. The molecule has 0 fully saturated rings. The van der Waals surface area contributed by atoms with E-state index in [1.807, 2.05) is 0 Å². The number of phosphoric ester groups is 1. The molecule has 0 saturated carbocycles. The van der Waals surface area contributed by atoms with Crippen LogP contribution < -0.4 is 0 Å². The van der Waals surface area contributed by atoms with Crippen LogP contribution in [0.3, 0.4) is 0 Å². The summed E-state index contributed by atoms with van der Waals surface area (Å²) < 4.78 is 24.3. The van der Waals surface area contributed by atoms with Gasteiger partial charge in [0.1, 0.15) is 6.23 Å². The monoisotopic (exact) mass is 576 g/mol. The normalized spacial score (nSPS) is 14.2. The lowest BCUT2D eigenvalue weighted by Crippen LogP contribution is -2.38. The van der Waals surface area contributed by atoms with Gasteiger partial charge in [-0.2, -0.15) is 0 Å². The number of phosphoric acid groups is 1. The molecule has 0 aliphatic heterocycles. The molecule has 236 valence electrons. The van der Waals surface area contributed by atoms with E-state index in [0.29, 0.717) is 6.61 Å². The lowest BCUT2D eigenvalue weighted by atomic mass is 10.1. The van der Waals surface area contributed by atoms with Crippen LogP contribution in [-0.2, 0) is 13.6 Å². The fourth-order valence-electron chi connectivity index (χ4n) is 5.24. The van der Waals surface area contributed by atoms with Gasteiger partial charge in [0.15, 0.2) is 0 Å². The van der Waals surface area contributed by atoms with Crippen LogP contribution in [0.5, 0.6) is 0 Å². The van der Waals surface area contributed by atoms with Crippen LogP contribution in [0.1, 0.15) is 188 Å². The summed E-state index contributed by atoms with van der Waals surface area (Å²) in [5.74, 6) is 0. The van der Waals surface area contributed by atoms with Crippen molar-refractivity contribution in [3.8, 4) is 0 Å². The van der Waals surface area contributed by atoms with Gasteiger partial charge in [0.2, 0.25) is 0 Å². The van der Waals surface area contributed by atoms with Crippen molar-refractivity contribution >= 4 is 7.82 Å². The number of hydrogen-bond donors (Lipinski definition) is 1. The van der Waals surface area contributed by atoms with Crippen molar-refractivity contribution in [3.63, 3.8) is 0 Å². The topological polar surface area (TPSA) is 59.0 Å². The molecule has 0 rings (SSSR count). The van der Waals surface area contributed by atoms with Gasteiger partial charge < -0.3 is 4.89 Å². The van der Waals surface area contributed by atoms with Gasteiger partial charge in [0, 0.05) is 13.1 Å². The average Bonchev–Trinajstić information content (AvgIpc) is 2.92. The first kappa shape index (κ1) is 39.1. The Balaban J connectivity index is 4.90. The second-order valence-corrected chi connectivity index (χ2v) is 13.2. The molecule has 0 radical (unpaired) electrons. The number of hydrogen-bond acceptors (Lipinski definition) is 4. The van der Waals surface area contributed by atoms with E-state index in [1.165, 1.54) is 103 Å². The van der Waals surface area contributed by atoms with E-state index in [2.05, 4.69) is 32.6 Å². The van der Waals surface area contributed by atoms with E-state index in [-0.39, 0.29) is 6.23 Å². The van der Waals surface area contributed by atoms with Crippen molar-refractivity contribution in [2.45, 2.75) is 194 Å². The maximum absolute atomic E-state index is 12.9. The van der Waals surface area contributed by atoms with Gasteiger partial charge in [-0.25, -0.2) is 4.57 Å². The summed E-state index contributed by atoms with van der Waals surface area (Å²) >= 11 is 0.